The predicted octanol–water partition coefficient (Wildman–Crippen LogP) is 3.40. The van der Waals surface area contributed by atoms with Crippen molar-refractivity contribution in [3.8, 4) is 0 Å². The van der Waals surface area contributed by atoms with E-state index in [4.69, 9.17) is 0 Å². The molecule has 1 amide bonds. The molecule has 0 spiro atoms. The van der Waals surface area contributed by atoms with E-state index in [0.29, 0.717) is 5.69 Å². The number of carbonyl (C=O) groups is 1. The highest BCUT2D eigenvalue weighted by molar-refractivity contribution is 7.92. The molecule has 0 heterocycles. The molecule has 25 heavy (non-hydrogen) atoms. The summed E-state index contributed by atoms with van der Waals surface area (Å²) < 4.78 is 39.7. The number of carbonyl (C=O) groups excluding carboxylic acids is 1. The van der Waals surface area contributed by atoms with Crippen molar-refractivity contribution < 1.29 is 17.6 Å². The number of rotatable bonds is 7. The minimum absolute atomic E-state index is 0.128. The lowest BCUT2D eigenvalue weighted by Crippen LogP contribution is -2.29. The van der Waals surface area contributed by atoms with Gasteiger partial charge < -0.3 is 5.32 Å². The third kappa shape index (κ3) is 5.86. The van der Waals surface area contributed by atoms with E-state index < -0.39 is 33.4 Å². The molecule has 134 valence electrons. The van der Waals surface area contributed by atoms with Crippen LogP contribution < -0.4 is 10.0 Å². The Morgan fingerprint density at radius 1 is 1.12 bits per heavy atom. The van der Waals surface area contributed by atoms with E-state index in [0.717, 1.165) is 18.1 Å². The molecule has 1 unspecified atom stereocenters. The molecule has 0 aliphatic carbocycles. The number of amides is 1. The number of anilines is 2. The van der Waals surface area contributed by atoms with Gasteiger partial charge in [-0.3, -0.25) is 9.52 Å². The second-order valence-electron chi connectivity index (χ2n) is 5.83. The second kappa shape index (κ2) is 8.11. The predicted molar refractivity (Wildman–Crippen MR) is 97.4 cm³/mol. The molecule has 0 saturated carbocycles. The van der Waals surface area contributed by atoms with Crippen molar-refractivity contribution in [3.05, 3.63) is 59.9 Å². The van der Waals surface area contributed by atoms with Gasteiger partial charge >= 0.3 is 0 Å². The fourth-order valence-electron chi connectivity index (χ4n) is 2.27. The smallest absolute Gasteiger partial charge is 0.233 e. The molecule has 7 heteroatoms. The summed E-state index contributed by atoms with van der Waals surface area (Å²) in [6, 6.07) is 12.5. The highest BCUT2D eigenvalue weighted by Gasteiger charge is 2.22. The highest BCUT2D eigenvalue weighted by atomic mass is 32.2. The zero-order valence-electron chi connectivity index (χ0n) is 14.1. The van der Waals surface area contributed by atoms with Gasteiger partial charge in [0.15, 0.2) is 0 Å². The molecular weight excluding hydrogens is 343 g/mol. The number of hydrogen-bond donors (Lipinski definition) is 2. The van der Waals surface area contributed by atoms with Crippen LogP contribution >= 0.6 is 0 Å². The van der Waals surface area contributed by atoms with Crippen molar-refractivity contribution in [2.24, 2.45) is 5.92 Å². The van der Waals surface area contributed by atoms with Crippen molar-refractivity contribution in [3.63, 3.8) is 0 Å². The van der Waals surface area contributed by atoms with Crippen LogP contribution in [0.5, 0.6) is 0 Å². The first-order valence-corrected chi connectivity index (χ1v) is 9.60. The number of benzene rings is 2. The Morgan fingerprint density at radius 2 is 1.80 bits per heavy atom. The van der Waals surface area contributed by atoms with Gasteiger partial charge in [0, 0.05) is 5.69 Å². The largest absolute Gasteiger partial charge is 0.326 e. The van der Waals surface area contributed by atoms with Gasteiger partial charge in [0.05, 0.1) is 17.4 Å². The van der Waals surface area contributed by atoms with Gasteiger partial charge in [0.2, 0.25) is 15.9 Å². The molecule has 0 fully saturated rings. The summed E-state index contributed by atoms with van der Waals surface area (Å²) in [4.78, 5) is 12.2. The van der Waals surface area contributed by atoms with Crippen molar-refractivity contribution >= 4 is 27.3 Å². The van der Waals surface area contributed by atoms with Gasteiger partial charge in [0.1, 0.15) is 5.82 Å². The standard InChI is InChI=1S/C18H21FN2O3S/c1-3-14-7-9-16(10-8-14)20-18(22)13(2)12-25(23,24)21-17-6-4-5-15(19)11-17/h4-11,13,21H,3,12H2,1-2H3,(H,20,22). The number of halogens is 1. The first-order valence-electron chi connectivity index (χ1n) is 7.95. The number of aryl methyl sites for hydroxylation is 1. The van der Waals surface area contributed by atoms with Gasteiger partial charge in [-0.2, -0.15) is 0 Å². The molecule has 0 aliphatic heterocycles. The van der Waals surface area contributed by atoms with Crippen LogP contribution in [0.15, 0.2) is 48.5 Å². The average Bonchev–Trinajstić information content (AvgIpc) is 2.54. The van der Waals surface area contributed by atoms with Crippen molar-refractivity contribution in [2.75, 3.05) is 15.8 Å². The molecule has 2 aromatic rings. The zero-order valence-corrected chi connectivity index (χ0v) is 14.9. The average molecular weight is 364 g/mol. The summed E-state index contributed by atoms with van der Waals surface area (Å²) in [5, 5.41) is 2.70. The quantitative estimate of drug-likeness (QED) is 0.791. The Kier molecular flexibility index (Phi) is 6.14. The van der Waals surface area contributed by atoms with Crippen LogP contribution in [-0.4, -0.2) is 20.1 Å². The number of hydrogen-bond acceptors (Lipinski definition) is 3. The Bertz CT molecular complexity index is 836. The van der Waals surface area contributed by atoms with Gasteiger partial charge in [-0.15, -0.1) is 0 Å². The molecule has 0 saturated heterocycles. The first kappa shape index (κ1) is 18.9. The monoisotopic (exact) mass is 364 g/mol. The van der Waals surface area contributed by atoms with Crippen molar-refractivity contribution in [2.45, 2.75) is 20.3 Å². The maximum atomic E-state index is 13.1. The van der Waals surface area contributed by atoms with Crippen molar-refractivity contribution in [1.82, 2.24) is 0 Å². The van der Waals surface area contributed by atoms with Crippen LogP contribution in [0.3, 0.4) is 0 Å². The first-order chi connectivity index (χ1) is 11.8. The van der Waals surface area contributed by atoms with Crippen LogP contribution in [-0.2, 0) is 21.2 Å². The second-order valence-corrected chi connectivity index (χ2v) is 7.60. The Morgan fingerprint density at radius 3 is 2.40 bits per heavy atom. The summed E-state index contributed by atoms with van der Waals surface area (Å²) in [6.07, 6.45) is 0.897. The van der Waals surface area contributed by atoms with E-state index >= 15 is 0 Å². The molecule has 2 rings (SSSR count). The van der Waals surface area contributed by atoms with Gasteiger partial charge in [-0.05, 0) is 42.3 Å². The maximum absolute atomic E-state index is 13.1. The molecule has 1 atom stereocenters. The van der Waals surface area contributed by atoms with Crippen molar-refractivity contribution in [1.29, 1.82) is 0 Å². The highest BCUT2D eigenvalue weighted by Crippen LogP contribution is 2.15. The summed E-state index contributed by atoms with van der Waals surface area (Å²) >= 11 is 0. The van der Waals surface area contributed by atoms with E-state index in [9.17, 15) is 17.6 Å². The lowest BCUT2D eigenvalue weighted by molar-refractivity contribution is -0.118. The van der Waals surface area contributed by atoms with Gasteiger partial charge in [0.25, 0.3) is 0 Å². The molecule has 0 aliphatic rings. The van der Waals surface area contributed by atoms with Crippen LogP contribution in [0.2, 0.25) is 0 Å². The van der Waals surface area contributed by atoms with Crippen LogP contribution in [0, 0.1) is 11.7 Å². The third-order valence-electron chi connectivity index (χ3n) is 3.64. The minimum Gasteiger partial charge on any atom is -0.326 e. The summed E-state index contributed by atoms with van der Waals surface area (Å²) in [5.41, 5.74) is 1.89. The van der Waals surface area contributed by atoms with E-state index in [1.165, 1.54) is 25.1 Å². The molecule has 2 N–H and O–H groups in total. The fourth-order valence-corrected chi connectivity index (χ4v) is 3.65. The molecule has 0 aromatic heterocycles. The minimum atomic E-state index is -3.78. The van der Waals surface area contributed by atoms with E-state index in [-0.39, 0.29) is 5.69 Å². The van der Waals surface area contributed by atoms with Gasteiger partial charge in [-0.25, -0.2) is 12.8 Å². The molecule has 0 radical (unpaired) electrons. The molecule has 0 bridgehead atoms. The zero-order chi connectivity index (χ0) is 18.4. The summed E-state index contributed by atoms with van der Waals surface area (Å²) in [6.45, 7) is 3.56. The fraction of sp³-hybridized carbons (Fsp3) is 0.278. The Balaban J connectivity index is 1.96. The Labute approximate surface area is 147 Å². The lowest BCUT2D eigenvalue weighted by Gasteiger charge is -2.14. The van der Waals surface area contributed by atoms with Gasteiger partial charge in [-0.1, -0.05) is 32.0 Å². The normalized spacial score (nSPS) is 12.4. The maximum Gasteiger partial charge on any atom is 0.233 e. The molecular formula is C18H21FN2O3S. The summed E-state index contributed by atoms with van der Waals surface area (Å²) in [5.74, 6) is -2.10. The lowest BCUT2D eigenvalue weighted by atomic mass is 10.1. The Hall–Kier alpha value is -2.41. The van der Waals surface area contributed by atoms with E-state index in [1.54, 1.807) is 12.1 Å². The topological polar surface area (TPSA) is 75.3 Å². The number of sulfonamides is 1. The van der Waals surface area contributed by atoms with Crippen LogP contribution in [0.25, 0.3) is 0 Å². The SMILES string of the molecule is CCc1ccc(NC(=O)C(C)CS(=O)(=O)Nc2cccc(F)c2)cc1. The number of nitrogens with one attached hydrogen (secondary N) is 2. The summed E-state index contributed by atoms with van der Waals surface area (Å²) in [7, 11) is -3.78. The van der Waals surface area contributed by atoms with Crippen LogP contribution in [0.1, 0.15) is 19.4 Å². The molecule has 2 aromatic carbocycles. The third-order valence-corrected chi connectivity index (χ3v) is 5.13. The van der Waals surface area contributed by atoms with E-state index in [2.05, 4.69) is 10.0 Å². The van der Waals surface area contributed by atoms with E-state index in [1.807, 2.05) is 19.1 Å². The van der Waals surface area contributed by atoms with Crippen LogP contribution in [0.4, 0.5) is 15.8 Å². The molecule has 5 nitrogen and oxygen atoms in total.